The lowest BCUT2D eigenvalue weighted by atomic mass is 10.2. The molecule has 1 heterocycles. The molecule has 0 aliphatic carbocycles. The molecule has 0 unspecified atom stereocenters. The molecule has 0 fully saturated rings. The number of carbonyl (C=O) groups is 1. The van der Waals surface area contributed by atoms with Gasteiger partial charge in [-0.15, -0.1) is 5.10 Å². The number of nitrogens with one attached hydrogen (secondary N) is 1. The second kappa shape index (κ2) is 7.10. The van der Waals surface area contributed by atoms with Crippen molar-refractivity contribution in [2.75, 3.05) is 5.32 Å². The van der Waals surface area contributed by atoms with E-state index in [1.807, 2.05) is 6.07 Å². The fourth-order valence-corrected chi connectivity index (χ4v) is 2.24. The summed E-state index contributed by atoms with van der Waals surface area (Å²) in [5.74, 6) is 0.266. The van der Waals surface area contributed by atoms with Gasteiger partial charge in [-0.1, -0.05) is 23.7 Å². The SMILES string of the molecule is C[C@H](Oc1cccc(-n2cnnn2)c1)C(=O)Nc1cccc(Cl)c1. The summed E-state index contributed by atoms with van der Waals surface area (Å²) in [6.07, 6.45) is 0.794. The molecule has 0 saturated heterocycles. The van der Waals surface area contributed by atoms with Crippen molar-refractivity contribution in [3.8, 4) is 11.4 Å². The molecule has 0 saturated carbocycles. The maximum atomic E-state index is 12.2. The molecular weight excluding hydrogens is 330 g/mol. The van der Waals surface area contributed by atoms with Gasteiger partial charge in [-0.2, -0.15) is 0 Å². The Labute approximate surface area is 143 Å². The van der Waals surface area contributed by atoms with E-state index in [0.29, 0.717) is 16.5 Å². The molecule has 0 spiro atoms. The minimum atomic E-state index is -0.687. The van der Waals surface area contributed by atoms with Gasteiger partial charge in [-0.25, -0.2) is 4.68 Å². The molecule has 3 aromatic rings. The Hall–Kier alpha value is -2.93. The molecular formula is C16H14ClN5O2. The van der Waals surface area contributed by atoms with Gasteiger partial charge in [0.25, 0.3) is 5.91 Å². The third kappa shape index (κ3) is 3.88. The lowest BCUT2D eigenvalue weighted by Crippen LogP contribution is -2.30. The van der Waals surface area contributed by atoms with Gasteiger partial charge in [-0.05, 0) is 47.7 Å². The van der Waals surface area contributed by atoms with Crippen LogP contribution in [0.5, 0.6) is 5.75 Å². The zero-order chi connectivity index (χ0) is 16.9. The molecule has 1 N–H and O–H groups in total. The smallest absolute Gasteiger partial charge is 0.265 e. The zero-order valence-electron chi connectivity index (χ0n) is 12.8. The van der Waals surface area contributed by atoms with Gasteiger partial charge in [0, 0.05) is 16.8 Å². The topological polar surface area (TPSA) is 81.9 Å². The first-order valence-electron chi connectivity index (χ1n) is 7.18. The average molecular weight is 344 g/mol. The van der Waals surface area contributed by atoms with E-state index in [1.54, 1.807) is 49.4 Å². The summed E-state index contributed by atoms with van der Waals surface area (Å²) >= 11 is 5.90. The van der Waals surface area contributed by atoms with Crippen molar-refractivity contribution in [2.45, 2.75) is 13.0 Å². The Morgan fingerprint density at radius 3 is 2.83 bits per heavy atom. The summed E-state index contributed by atoms with van der Waals surface area (Å²) in [5, 5.41) is 14.3. The quantitative estimate of drug-likeness (QED) is 0.770. The number of halogens is 1. The Morgan fingerprint density at radius 1 is 1.25 bits per heavy atom. The molecule has 1 amide bonds. The van der Waals surface area contributed by atoms with Crippen LogP contribution >= 0.6 is 11.6 Å². The maximum absolute atomic E-state index is 12.2. The first-order chi connectivity index (χ1) is 11.6. The average Bonchev–Trinajstić information content (AvgIpc) is 3.09. The van der Waals surface area contributed by atoms with Crippen molar-refractivity contribution in [1.82, 2.24) is 20.2 Å². The number of amides is 1. The van der Waals surface area contributed by atoms with Gasteiger partial charge in [0.2, 0.25) is 0 Å². The highest BCUT2D eigenvalue weighted by molar-refractivity contribution is 6.30. The number of benzene rings is 2. The van der Waals surface area contributed by atoms with Gasteiger partial charge in [-0.3, -0.25) is 4.79 Å². The number of anilines is 1. The Kier molecular flexibility index (Phi) is 4.72. The number of carbonyl (C=O) groups excluding carboxylic acids is 1. The summed E-state index contributed by atoms with van der Waals surface area (Å²) in [6.45, 7) is 1.67. The van der Waals surface area contributed by atoms with Crippen LogP contribution in [0.3, 0.4) is 0 Å². The highest BCUT2D eigenvalue weighted by atomic mass is 35.5. The summed E-state index contributed by atoms with van der Waals surface area (Å²) in [4.78, 5) is 12.2. The highest BCUT2D eigenvalue weighted by Crippen LogP contribution is 2.19. The molecule has 1 atom stereocenters. The van der Waals surface area contributed by atoms with E-state index in [9.17, 15) is 4.79 Å². The highest BCUT2D eigenvalue weighted by Gasteiger charge is 2.15. The molecule has 7 nitrogen and oxygen atoms in total. The molecule has 0 aliphatic rings. The van der Waals surface area contributed by atoms with Gasteiger partial charge >= 0.3 is 0 Å². The molecule has 0 aliphatic heterocycles. The van der Waals surface area contributed by atoms with Gasteiger partial charge in [0.15, 0.2) is 6.10 Å². The van der Waals surface area contributed by atoms with Gasteiger partial charge in [0.1, 0.15) is 12.1 Å². The van der Waals surface area contributed by atoms with Crippen molar-refractivity contribution in [2.24, 2.45) is 0 Å². The van der Waals surface area contributed by atoms with Crippen LogP contribution in [-0.4, -0.2) is 32.2 Å². The molecule has 2 aromatic carbocycles. The number of aromatic nitrogens is 4. The fourth-order valence-electron chi connectivity index (χ4n) is 2.05. The predicted octanol–water partition coefficient (Wildman–Crippen LogP) is 2.72. The van der Waals surface area contributed by atoms with Crippen molar-refractivity contribution >= 4 is 23.2 Å². The summed E-state index contributed by atoms with van der Waals surface area (Å²) in [6, 6.07) is 14.1. The van der Waals surface area contributed by atoms with Crippen LogP contribution in [0.2, 0.25) is 5.02 Å². The fraction of sp³-hybridized carbons (Fsp3) is 0.125. The third-order valence-electron chi connectivity index (χ3n) is 3.21. The van der Waals surface area contributed by atoms with E-state index < -0.39 is 6.10 Å². The predicted molar refractivity (Wildman–Crippen MR) is 89.3 cm³/mol. The number of nitrogens with zero attached hydrogens (tertiary/aromatic N) is 4. The van der Waals surface area contributed by atoms with Crippen LogP contribution in [-0.2, 0) is 4.79 Å². The maximum Gasteiger partial charge on any atom is 0.265 e. The largest absolute Gasteiger partial charge is 0.481 e. The Bertz CT molecular complexity index is 838. The normalized spacial score (nSPS) is 11.8. The number of ether oxygens (including phenoxy) is 1. The van der Waals surface area contributed by atoms with Crippen molar-refractivity contribution < 1.29 is 9.53 Å². The van der Waals surface area contributed by atoms with Crippen LogP contribution in [0, 0.1) is 0 Å². The van der Waals surface area contributed by atoms with Crippen molar-refractivity contribution in [3.05, 3.63) is 59.9 Å². The van der Waals surface area contributed by atoms with Gasteiger partial charge < -0.3 is 10.1 Å². The molecule has 8 heteroatoms. The standard InChI is InChI=1S/C16H14ClN5O2/c1-11(16(23)19-13-5-2-4-12(17)8-13)24-15-7-3-6-14(9-15)22-10-18-20-21-22/h2-11H,1H3,(H,19,23)/t11-/m0/s1. The summed E-state index contributed by atoms with van der Waals surface area (Å²) in [7, 11) is 0. The van der Waals surface area contributed by atoms with E-state index >= 15 is 0 Å². The first-order valence-corrected chi connectivity index (χ1v) is 7.56. The number of rotatable bonds is 5. The first kappa shape index (κ1) is 15.9. The van der Waals surface area contributed by atoms with Crippen molar-refractivity contribution in [3.63, 3.8) is 0 Å². The van der Waals surface area contributed by atoms with Gasteiger partial charge in [0.05, 0.1) is 5.69 Å². The molecule has 1 aromatic heterocycles. The second-order valence-electron chi connectivity index (χ2n) is 5.01. The van der Waals surface area contributed by atoms with E-state index in [0.717, 1.165) is 5.69 Å². The van der Waals surface area contributed by atoms with Crippen molar-refractivity contribution in [1.29, 1.82) is 0 Å². The summed E-state index contributed by atoms with van der Waals surface area (Å²) < 4.78 is 7.19. The van der Waals surface area contributed by atoms with E-state index in [4.69, 9.17) is 16.3 Å². The second-order valence-corrected chi connectivity index (χ2v) is 5.45. The Morgan fingerprint density at radius 2 is 2.08 bits per heavy atom. The van der Waals surface area contributed by atoms with E-state index in [1.165, 1.54) is 11.0 Å². The minimum Gasteiger partial charge on any atom is -0.481 e. The monoisotopic (exact) mass is 343 g/mol. The van der Waals surface area contributed by atoms with Crippen LogP contribution in [0.1, 0.15) is 6.92 Å². The lowest BCUT2D eigenvalue weighted by molar-refractivity contribution is -0.122. The van der Waals surface area contributed by atoms with Crippen LogP contribution in [0.4, 0.5) is 5.69 Å². The van der Waals surface area contributed by atoms with Crippen LogP contribution < -0.4 is 10.1 Å². The van der Waals surface area contributed by atoms with E-state index in [-0.39, 0.29) is 5.91 Å². The third-order valence-corrected chi connectivity index (χ3v) is 3.44. The molecule has 24 heavy (non-hydrogen) atoms. The van der Waals surface area contributed by atoms with Crippen LogP contribution in [0.15, 0.2) is 54.9 Å². The lowest BCUT2D eigenvalue weighted by Gasteiger charge is -2.15. The molecule has 0 radical (unpaired) electrons. The number of hydrogen-bond acceptors (Lipinski definition) is 5. The number of hydrogen-bond donors (Lipinski definition) is 1. The zero-order valence-corrected chi connectivity index (χ0v) is 13.5. The minimum absolute atomic E-state index is 0.273. The molecule has 122 valence electrons. The Balaban J connectivity index is 1.67. The molecule has 3 rings (SSSR count). The summed E-state index contributed by atoms with van der Waals surface area (Å²) in [5.41, 5.74) is 1.35. The van der Waals surface area contributed by atoms with E-state index in [2.05, 4.69) is 20.8 Å². The van der Waals surface area contributed by atoms with Crippen LogP contribution in [0.25, 0.3) is 5.69 Å². The molecule has 0 bridgehead atoms. The number of tetrazole rings is 1.